The number of unbranched alkanes of at least 4 members (excludes halogenated alkanes) is 28. The van der Waals surface area contributed by atoms with E-state index in [9.17, 15) is 87.9 Å². The number of carbonyl (C=O) groups is 13. The van der Waals surface area contributed by atoms with Crippen molar-refractivity contribution in [3.8, 4) is 0 Å². The lowest BCUT2D eigenvalue weighted by Gasteiger charge is -2.42. The average Bonchev–Trinajstić information content (AvgIpc) is 1.82. The molecule has 0 spiro atoms. The summed E-state index contributed by atoms with van der Waals surface area (Å²) in [6.07, 6.45) is 28.0. The number of aliphatic carboxylic acids is 1. The Kier molecular flexibility index (Phi) is 58.6. The molecule has 125 heavy (non-hydrogen) atoms. The highest BCUT2D eigenvalue weighted by molar-refractivity contribution is 5.98. The Labute approximate surface area is 746 Å². The first-order valence-electron chi connectivity index (χ1n) is 48.4. The number of esters is 1. The predicted molar refractivity (Wildman–Crippen MR) is 478 cm³/mol. The topological polar surface area (TPSA) is 465 Å². The maximum atomic E-state index is 14.7. The third-order valence-electron chi connectivity index (χ3n) is 24.0. The van der Waals surface area contributed by atoms with E-state index in [1.165, 1.54) is 99.7 Å². The molecule has 3 rings (SSSR count). The van der Waals surface area contributed by atoms with E-state index in [1.54, 1.807) is 34.6 Å². The van der Waals surface area contributed by atoms with Crippen LogP contribution in [0.5, 0.6) is 0 Å². The van der Waals surface area contributed by atoms with Gasteiger partial charge in [0.05, 0.1) is 32.8 Å². The Morgan fingerprint density at radius 1 is 0.448 bits per heavy atom. The Morgan fingerprint density at radius 3 is 1.41 bits per heavy atom. The Balaban J connectivity index is 1.76. The van der Waals surface area contributed by atoms with Crippen molar-refractivity contribution < 1.29 is 102 Å². The number of aliphatic hydroxyl groups excluding tert-OH is 4. The summed E-state index contributed by atoms with van der Waals surface area (Å²) >= 11 is 0. The van der Waals surface area contributed by atoms with Gasteiger partial charge in [-0.3, -0.25) is 57.5 Å². The molecule has 15 atom stereocenters. The zero-order chi connectivity index (χ0) is 92.6. The molecular formula is C93H167N11O21. The van der Waals surface area contributed by atoms with Gasteiger partial charge < -0.3 is 97.4 Å². The molecule has 3 fully saturated rings. The van der Waals surface area contributed by atoms with Crippen LogP contribution in [0.2, 0.25) is 0 Å². The Bertz CT molecular complexity index is 3150. The van der Waals surface area contributed by atoms with Crippen LogP contribution in [-0.2, 0) is 76.5 Å². The standard InChI is InChI=1S/C93H167N11O21/c1-12-16-19-22-25-28-30-33-36-39-42-49-76(107)97-72(62-123-93-82(84(113)83(112)75(61-106)125-93)102-78(109)58-67(46-41-38-35-32-27-24-21-18-14-3)124-80(111)50-43-40-37-34-31-29-26-23-20-17-13-2)85(114)94-52-51-77(108)101-81(66(11)15-4)91(120)104-54-44-47-73(104)88(117)95-59-79(110)96-69(56-64(7)8)90(119)103-53-45-48-74(103)89(118)98-68(55-63(5)6)86(115)100-71(60-105)87(116)99-70(92(121)122)57-65(9)10/h63-75,81-84,93,105-106,112-113H,12-62H2,1-11H3,(H,94,114)(H,95,117)(H,96,110)(H,97,107)(H,98,118)(H,99,116)(H,100,115)(H,101,108)(H,102,109)(H,121,122)/t66-,67-,68-,69-,70-,71-,72+,73-,74-,75+,81-,82+,83+,84+,93?/m0/s1. The lowest BCUT2D eigenvalue weighted by atomic mass is 9.96. The second-order valence-electron chi connectivity index (χ2n) is 36.5. The second-order valence-corrected chi connectivity index (χ2v) is 36.5. The van der Waals surface area contributed by atoms with E-state index in [2.05, 4.69) is 68.6 Å². The number of nitrogens with zero attached hydrogens (tertiary/aromatic N) is 2. The summed E-state index contributed by atoms with van der Waals surface area (Å²) in [5.41, 5.74) is 0. The number of rotatable bonds is 70. The van der Waals surface area contributed by atoms with Crippen molar-refractivity contribution in [1.82, 2.24) is 57.7 Å². The molecule has 3 aliphatic rings. The molecule has 3 heterocycles. The normalized spacial score (nSPS) is 19.6. The number of amides is 11. The highest BCUT2D eigenvalue weighted by atomic mass is 16.7. The van der Waals surface area contributed by atoms with Crippen LogP contribution in [0.3, 0.4) is 0 Å². The van der Waals surface area contributed by atoms with E-state index < -0.39 is 194 Å². The lowest BCUT2D eigenvalue weighted by molar-refractivity contribution is -0.271. The number of likely N-dealkylation sites (tertiary alicyclic amines) is 2. The minimum Gasteiger partial charge on any atom is -0.480 e. The summed E-state index contributed by atoms with van der Waals surface area (Å²) in [4.78, 5) is 183. The number of carboxylic acids is 1. The molecule has 32 heteroatoms. The van der Waals surface area contributed by atoms with Crippen molar-refractivity contribution in [3.63, 3.8) is 0 Å². The van der Waals surface area contributed by atoms with Gasteiger partial charge in [-0.05, 0) is 94.3 Å². The summed E-state index contributed by atoms with van der Waals surface area (Å²) < 4.78 is 18.2. The molecular weight excluding hydrogens is 1610 g/mol. The zero-order valence-electron chi connectivity index (χ0n) is 78.1. The Hall–Kier alpha value is -7.13. The largest absolute Gasteiger partial charge is 0.480 e. The van der Waals surface area contributed by atoms with Gasteiger partial charge in [0.15, 0.2) is 6.29 Å². The van der Waals surface area contributed by atoms with E-state index in [1.807, 2.05) is 20.8 Å². The fourth-order valence-electron chi connectivity index (χ4n) is 16.4. The number of carbonyl (C=O) groups excluding carboxylic acids is 12. The number of hydrogen-bond acceptors (Lipinski definition) is 20. The number of hydrogen-bond donors (Lipinski definition) is 14. The van der Waals surface area contributed by atoms with Crippen LogP contribution in [0, 0.1) is 23.7 Å². The fourth-order valence-corrected chi connectivity index (χ4v) is 16.4. The van der Waals surface area contributed by atoms with Crippen LogP contribution >= 0.6 is 0 Å². The van der Waals surface area contributed by atoms with Crippen LogP contribution in [0.4, 0.5) is 0 Å². The van der Waals surface area contributed by atoms with Crippen LogP contribution in [0.25, 0.3) is 0 Å². The van der Waals surface area contributed by atoms with Gasteiger partial charge in [-0.25, -0.2) is 4.79 Å². The molecule has 14 N–H and O–H groups in total. The molecule has 1 unspecified atom stereocenters. The van der Waals surface area contributed by atoms with E-state index in [0.717, 1.165) is 89.9 Å². The van der Waals surface area contributed by atoms with Gasteiger partial charge in [-0.1, -0.05) is 262 Å². The van der Waals surface area contributed by atoms with Gasteiger partial charge in [0.25, 0.3) is 0 Å². The molecule has 0 aromatic heterocycles. The van der Waals surface area contributed by atoms with Crippen molar-refractivity contribution in [2.24, 2.45) is 23.7 Å². The van der Waals surface area contributed by atoms with Crippen LogP contribution in [0.15, 0.2) is 0 Å². The maximum absolute atomic E-state index is 14.7. The SMILES string of the molecule is CCCCCCCCCCCCCC(=O)N[C@H](COC1O[C@H](CO)[C@@H](O)[C@H](O)[C@H]1NC(=O)C[C@H](CCCCCCCCCCC)OC(=O)CCCCCCCCCCCCC)C(=O)NCCC(=O)N[C@H](C(=O)N1CCC[C@H]1C(=O)NCC(=O)N[C@@H](CC(C)C)C(=O)N1CCC[C@H]1C(=O)N[C@@H](CC(C)C)C(=O)N[C@@H](CO)C(=O)N[C@@H](CC(C)C)C(=O)O)[C@@H](C)CC. The van der Waals surface area contributed by atoms with Gasteiger partial charge in [-0.2, -0.15) is 0 Å². The molecule has 0 aromatic carbocycles. The molecule has 0 radical (unpaired) electrons. The van der Waals surface area contributed by atoms with Gasteiger partial charge in [-0.15, -0.1) is 0 Å². The van der Waals surface area contributed by atoms with Gasteiger partial charge in [0.2, 0.25) is 65.0 Å². The zero-order valence-corrected chi connectivity index (χ0v) is 78.1. The smallest absolute Gasteiger partial charge is 0.326 e. The first-order chi connectivity index (χ1) is 59.8. The Morgan fingerprint density at radius 2 is 0.904 bits per heavy atom. The van der Waals surface area contributed by atoms with Gasteiger partial charge in [0.1, 0.15) is 78.8 Å². The van der Waals surface area contributed by atoms with Crippen molar-refractivity contribution in [2.75, 3.05) is 46.0 Å². The van der Waals surface area contributed by atoms with Crippen LogP contribution < -0.4 is 47.9 Å². The third kappa shape index (κ3) is 45.6. The molecule has 0 aliphatic carbocycles. The summed E-state index contributed by atoms with van der Waals surface area (Å²) in [5, 5.41) is 76.9. The summed E-state index contributed by atoms with van der Waals surface area (Å²) in [6, 6.07) is -11.5. The first-order valence-corrected chi connectivity index (χ1v) is 48.4. The van der Waals surface area contributed by atoms with Gasteiger partial charge >= 0.3 is 11.9 Å². The summed E-state index contributed by atoms with van der Waals surface area (Å²) in [7, 11) is 0. The van der Waals surface area contributed by atoms with Crippen molar-refractivity contribution in [2.45, 2.75) is 444 Å². The van der Waals surface area contributed by atoms with E-state index in [4.69, 9.17) is 14.2 Å². The maximum Gasteiger partial charge on any atom is 0.326 e. The monoisotopic (exact) mass is 1770 g/mol. The number of aliphatic hydroxyl groups is 4. The minimum absolute atomic E-state index is 0.0601. The molecule has 3 saturated heterocycles. The number of ether oxygens (including phenoxy) is 3. The number of carboxylic acid groups (broad SMARTS) is 1. The van der Waals surface area contributed by atoms with Crippen molar-refractivity contribution in [1.29, 1.82) is 0 Å². The highest BCUT2D eigenvalue weighted by Gasteiger charge is 2.47. The second kappa shape index (κ2) is 65.4. The van der Waals surface area contributed by atoms with Crippen molar-refractivity contribution in [3.05, 3.63) is 0 Å². The van der Waals surface area contributed by atoms with Crippen molar-refractivity contribution >= 4 is 76.9 Å². The van der Waals surface area contributed by atoms with E-state index in [-0.39, 0.29) is 95.2 Å². The van der Waals surface area contributed by atoms with Crippen LogP contribution in [0.1, 0.15) is 359 Å². The van der Waals surface area contributed by atoms with E-state index >= 15 is 0 Å². The van der Waals surface area contributed by atoms with Crippen LogP contribution in [-0.4, -0.2) is 243 Å². The number of nitrogens with one attached hydrogen (secondary N) is 9. The minimum atomic E-state index is -1.77. The van der Waals surface area contributed by atoms with Gasteiger partial charge in [0, 0.05) is 38.9 Å². The molecule has 3 aliphatic heterocycles. The molecule has 0 aromatic rings. The summed E-state index contributed by atoms with van der Waals surface area (Å²) in [5.74, 6) is -10.1. The fraction of sp³-hybridized carbons (Fsp3) is 0.860. The molecule has 0 bridgehead atoms. The predicted octanol–water partition coefficient (Wildman–Crippen LogP) is 9.33. The molecule has 720 valence electrons. The highest BCUT2D eigenvalue weighted by Crippen LogP contribution is 2.28. The quantitative estimate of drug-likeness (QED) is 0.0199. The first kappa shape index (κ1) is 112. The third-order valence-corrected chi connectivity index (χ3v) is 24.0. The summed E-state index contributed by atoms with van der Waals surface area (Å²) in [6.45, 7) is 18.1. The molecule has 32 nitrogen and oxygen atoms in total. The van der Waals surface area contributed by atoms with E-state index in [0.29, 0.717) is 44.9 Å². The lowest BCUT2D eigenvalue weighted by Crippen LogP contribution is -2.65. The molecule has 11 amide bonds. The average molecular weight is 1780 g/mol. The molecule has 0 saturated carbocycles.